The number of thiazole rings is 1. The van der Waals surface area contributed by atoms with E-state index in [4.69, 9.17) is 4.74 Å². The van der Waals surface area contributed by atoms with Gasteiger partial charge in [0.1, 0.15) is 12.4 Å². The van der Waals surface area contributed by atoms with Crippen LogP contribution in [-0.2, 0) is 0 Å². The molecule has 0 amide bonds. The van der Waals surface area contributed by atoms with Gasteiger partial charge in [0.25, 0.3) is 0 Å². The normalized spacial score (nSPS) is 15.0. The highest BCUT2D eigenvalue weighted by Crippen LogP contribution is 2.27. The third-order valence-electron chi connectivity index (χ3n) is 4.04. The highest BCUT2D eigenvalue weighted by molar-refractivity contribution is 8.12. The van der Waals surface area contributed by atoms with E-state index in [9.17, 15) is 0 Å². The second-order valence-electron chi connectivity index (χ2n) is 5.98. The second kappa shape index (κ2) is 7.93. The Kier molecular flexibility index (Phi) is 5.22. The maximum atomic E-state index is 5.88. The summed E-state index contributed by atoms with van der Waals surface area (Å²) in [5.41, 5.74) is 5.21. The summed E-state index contributed by atoms with van der Waals surface area (Å²) in [6.45, 7) is 1.41. The molecule has 4 nitrogen and oxygen atoms in total. The van der Waals surface area contributed by atoms with Crippen molar-refractivity contribution in [3.05, 3.63) is 59.8 Å². The van der Waals surface area contributed by atoms with E-state index in [2.05, 4.69) is 46.2 Å². The van der Waals surface area contributed by atoms with Crippen molar-refractivity contribution >= 4 is 50.1 Å². The standard InChI is InChI=1S/C20H19N3OS2/c1-23(20-22-18-4-2-3-5-19(18)26-20)10-11-24-17-8-6-15(7-9-17)12-16-13-25-14-21-16/h2-9,12,14H,10-11,13H2,1H3/b16-12-. The van der Waals surface area contributed by atoms with Crippen LogP contribution in [0.15, 0.2) is 59.2 Å². The fourth-order valence-corrected chi connectivity index (χ4v) is 4.18. The molecule has 0 unspecified atom stereocenters. The van der Waals surface area contributed by atoms with Crippen molar-refractivity contribution in [2.75, 3.05) is 30.9 Å². The van der Waals surface area contributed by atoms with Gasteiger partial charge in [-0.05, 0) is 35.9 Å². The molecule has 1 aliphatic rings. The zero-order valence-electron chi connectivity index (χ0n) is 14.5. The van der Waals surface area contributed by atoms with E-state index < -0.39 is 0 Å². The molecule has 0 atom stereocenters. The fraction of sp³-hybridized carbons (Fsp3) is 0.200. The number of fused-ring (bicyclic) bond motifs is 1. The Morgan fingerprint density at radius 1 is 1.15 bits per heavy atom. The summed E-state index contributed by atoms with van der Waals surface area (Å²) < 4.78 is 7.09. The molecule has 0 fully saturated rings. The number of rotatable bonds is 6. The van der Waals surface area contributed by atoms with Crippen LogP contribution >= 0.6 is 23.1 Å². The van der Waals surface area contributed by atoms with Crippen molar-refractivity contribution in [3.63, 3.8) is 0 Å². The monoisotopic (exact) mass is 381 g/mol. The molecule has 2 aromatic carbocycles. The molecule has 26 heavy (non-hydrogen) atoms. The maximum Gasteiger partial charge on any atom is 0.186 e. The Bertz CT molecular complexity index is 914. The maximum absolute atomic E-state index is 5.88. The molecule has 2 heterocycles. The topological polar surface area (TPSA) is 37.7 Å². The first kappa shape index (κ1) is 17.1. The van der Waals surface area contributed by atoms with Crippen LogP contribution in [0.4, 0.5) is 5.13 Å². The van der Waals surface area contributed by atoms with Gasteiger partial charge in [0, 0.05) is 12.8 Å². The molecule has 0 bridgehead atoms. The molecule has 0 N–H and O–H groups in total. The van der Waals surface area contributed by atoms with Crippen molar-refractivity contribution in [2.45, 2.75) is 0 Å². The van der Waals surface area contributed by atoms with Crippen LogP contribution in [0.3, 0.4) is 0 Å². The number of likely N-dealkylation sites (N-methyl/N-ethyl adjacent to an activating group) is 1. The number of para-hydroxylation sites is 1. The van der Waals surface area contributed by atoms with Crippen molar-refractivity contribution < 1.29 is 4.74 Å². The SMILES string of the molecule is CN(CCOc1ccc(/C=C2/CSC=N2)cc1)c1nc2ccccc2s1. The van der Waals surface area contributed by atoms with Crippen LogP contribution in [-0.4, -0.2) is 36.5 Å². The van der Waals surface area contributed by atoms with Gasteiger partial charge in [-0.2, -0.15) is 0 Å². The van der Waals surface area contributed by atoms with E-state index in [1.807, 2.05) is 35.9 Å². The first-order valence-corrected chi connectivity index (χ1v) is 10.3. The second-order valence-corrected chi connectivity index (χ2v) is 7.83. The number of nitrogens with zero attached hydrogens (tertiary/aromatic N) is 3. The molecule has 3 aromatic rings. The molecule has 0 radical (unpaired) electrons. The lowest BCUT2D eigenvalue weighted by Gasteiger charge is -2.16. The molecule has 132 valence electrons. The van der Waals surface area contributed by atoms with E-state index >= 15 is 0 Å². The quantitative estimate of drug-likeness (QED) is 0.607. The highest BCUT2D eigenvalue weighted by atomic mass is 32.2. The van der Waals surface area contributed by atoms with E-state index in [1.54, 1.807) is 23.1 Å². The van der Waals surface area contributed by atoms with E-state index in [0.29, 0.717) is 6.61 Å². The lowest BCUT2D eigenvalue weighted by molar-refractivity contribution is 0.326. The van der Waals surface area contributed by atoms with Crippen molar-refractivity contribution in [2.24, 2.45) is 4.99 Å². The lowest BCUT2D eigenvalue weighted by atomic mass is 10.2. The summed E-state index contributed by atoms with van der Waals surface area (Å²) in [5.74, 6) is 1.84. The summed E-state index contributed by atoms with van der Waals surface area (Å²) in [7, 11) is 2.05. The zero-order valence-corrected chi connectivity index (χ0v) is 16.1. The lowest BCUT2D eigenvalue weighted by Crippen LogP contribution is -2.23. The van der Waals surface area contributed by atoms with Crippen molar-refractivity contribution in [3.8, 4) is 5.75 Å². The molecule has 6 heteroatoms. The summed E-state index contributed by atoms with van der Waals surface area (Å²) in [5, 5.41) is 1.02. The number of aliphatic imine (C=N–C) groups is 1. The molecule has 1 aliphatic heterocycles. The number of thioether (sulfide) groups is 1. The van der Waals surface area contributed by atoms with Gasteiger partial charge in [-0.3, -0.25) is 4.99 Å². The van der Waals surface area contributed by atoms with Gasteiger partial charge in [-0.1, -0.05) is 35.6 Å². The molecular weight excluding hydrogens is 362 g/mol. The first-order valence-electron chi connectivity index (χ1n) is 8.42. The predicted molar refractivity (Wildman–Crippen MR) is 114 cm³/mol. The fourth-order valence-electron chi connectivity index (χ4n) is 2.62. The molecular formula is C20H19N3OS2. The van der Waals surface area contributed by atoms with Crippen LogP contribution in [0.25, 0.3) is 16.3 Å². The van der Waals surface area contributed by atoms with Crippen LogP contribution in [0, 0.1) is 0 Å². The number of benzene rings is 2. The Hall–Kier alpha value is -2.31. The summed E-state index contributed by atoms with van der Waals surface area (Å²) in [6, 6.07) is 16.4. The van der Waals surface area contributed by atoms with E-state index in [0.717, 1.165) is 40.0 Å². The van der Waals surface area contributed by atoms with Crippen LogP contribution in [0.2, 0.25) is 0 Å². The number of anilines is 1. The number of hydrogen-bond donors (Lipinski definition) is 0. The first-order chi connectivity index (χ1) is 12.8. The average Bonchev–Trinajstić information content (AvgIpc) is 3.32. The predicted octanol–water partition coefficient (Wildman–Crippen LogP) is 4.93. The smallest absolute Gasteiger partial charge is 0.186 e. The minimum absolute atomic E-state index is 0.619. The third-order valence-corrected chi connectivity index (χ3v) is 5.91. The van der Waals surface area contributed by atoms with Crippen LogP contribution in [0.5, 0.6) is 5.75 Å². The highest BCUT2D eigenvalue weighted by Gasteiger charge is 2.08. The Labute approximate surface area is 161 Å². The number of aromatic nitrogens is 1. The van der Waals surface area contributed by atoms with Crippen molar-refractivity contribution in [1.29, 1.82) is 0 Å². The van der Waals surface area contributed by atoms with Gasteiger partial charge in [0.2, 0.25) is 0 Å². The Morgan fingerprint density at radius 2 is 2.00 bits per heavy atom. The van der Waals surface area contributed by atoms with Crippen molar-refractivity contribution in [1.82, 2.24) is 4.98 Å². The largest absolute Gasteiger partial charge is 0.492 e. The Balaban J connectivity index is 1.31. The minimum Gasteiger partial charge on any atom is -0.492 e. The van der Waals surface area contributed by atoms with Crippen LogP contribution < -0.4 is 9.64 Å². The van der Waals surface area contributed by atoms with Gasteiger partial charge in [-0.15, -0.1) is 11.8 Å². The summed E-state index contributed by atoms with van der Waals surface area (Å²) in [6.07, 6.45) is 2.11. The van der Waals surface area contributed by atoms with Gasteiger partial charge in [0.15, 0.2) is 5.13 Å². The summed E-state index contributed by atoms with van der Waals surface area (Å²) >= 11 is 3.43. The minimum atomic E-state index is 0.619. The van der Waals surface area contributed by atoms with Gasteiger partial charge in [-0.25, -0.2) is 4.98 Å². The van der Waals surface area contributed by atoms with E-state index in [-0.39, 0.29) is 0 Å². The number of ether oxygens (including phenoxy) is 1. The van der Waals surface area contributed by atoms with Gasteiger partial charge < -0.3 is 9.64 Å². The molecule has 0 saturated heterocycles. The molecule has 1 aromatic heterocycles. The zero-order chi connectivity index (χ0) is 17.8. The molecule has 0 spiro atoms. The number of hydrogen-bond acceptors (Lipinski definition) is 6. The van der Waals surface area contributed by atoms with Gasteiger partial charge in [0.05, 0.1) is 28.0 Å². The molecule has 0 saturated carbocycles. The third kappa shape index (κ3) is 4.08. The van der Waals surface area contributed by atoms with E-state index in [1.165, 1.54) is 4.70 Å². The molecule has 4 rings (SSSR count). The molecule has 0 aliphatic carbocycles. The Morgan fingerprint density at radius 3 is 2.77 bits per heavy atom. The van der Waals surface area contributed by atoms with Gasteiger partial charge >= 0.3 is 0 Å². The average molecular weight is 382 g/mol. The van der Waals surface area contributed by atoms with Crippen LogP contribution in [0.1, 0.15) is 5.56 Å². The summed E-state index contributed by atoms with van der Waals surface area (Å²) in [4.78, 5) is 11.1.